The summed E-state index contributed by atoms with van der Waals surface area (Å²) in [5.74, 6) is 2.56. The second-order valence-corrected chi connectivity index (χ2v) is 9.18. The summed E-state index contributed by atoms with van der Waals surface area (Å²) >= 11 is 0. The van der Waals surface area contributed by atoms with E-state index in [0.717, 1.165) is 51.2 Å². The van der Waals surface area contributed by atoms with Crippen LogP contribution in [0.2, 0.25) is 0 Å². The van der Waals surface area contributed by atoms with Crippen LogP contribution in [-0.2, 0) is 16.0 Å². The largest absolute Gasteiger partial charge is 0.493 e. The molecule has 170 valence electrons. The van der Waals surface area contributed by atoms with Crippen molar-refractivity contribution < 1.29 is 14.3 Å². The molecule has 0 spiro atoms. The van der Waals surface area contributed by atoms with Crippen molar-refractivity contribution in [2.24, 2.45) is 17.8 Å². The number of carbonyl (C=O) groups excluding carboxylic acids is 2. The topological polar surface area (TPSA) is 49.9 Å². The first-order valence-corrected chi connectivity index (χ1v) is 11.8. The number of benzene rings is 2. The van der Waals surface area contributed by atoms with Crippen LogP contribution in [0.5, 0.6) is 5.75 Å². The minimum Gasteiger partial charge on any atom is -0.493 e. The van der Waals surface area contributed by atoms with E-state index in [1.54, 1.807) is 6.92 Å². The van der Waals surface area contributed by atoms with E-state index in [4.69, 9.17) is 4.74 Å². The second kappa shape index (κ2) is 10.7. The molecular weight excluding hydrogens is 400 g/mol. The van der Waals surface area contributed by atoms with Gasteiger partial charge in [0.25, 0.3) is 0 Å². The first-order chi connectivity index (χ1) is 15.6. The molecule has 2 unspecified atom stereocenters. The Labute approximate surface area is 191 Å². The van der Waals surface area contributed by atoms with Crippen LogP contribution in [0, 0.1) is 17.8 Å². The molecule has 2 fully saturated rings. The smallest absolute Gasteiger partial charge is 0.222 e. The number of nitrogens with zero attached hydrogens (tertiary/aromatic N) is 2. The number of para-hydroxylation sites is 1. The van der Waals surface area contributed by atoms with Crippen molar-refractivity contribution in [3.05, 3.63) is 66.2 Å². The van der Waals surface area contributed by atoms with Gasteiger partial charge in [0, 0.05) is 45.4 Å². The molecule has 0 aliphatic carbocycles. The van der Waals surface area contributed by atoms with Crippen LogP contribution in [0.3, 0.4) is 0 Å². The van der Waals surface area contributed by atoms with Gasteiger partial charge >= 0.3 is 0 Å². The third-order valence-electron chi connectivity index (χ3n) is 7.11. The van der Waals surface area contributed by atoms with Crippen LogP contribution in [0.4, 0.5) is 0 Å². The molecule has 32 heavy (non-hydrogen) atoms. The van der Waals surface area contributed by atoms with E-state index in [0.29, 0.717) is 30.8 Å². The van der Waals surface area contributed by atoms with Crippen LogP contribution in [0.1, 0.15) is 31.7 Å². The molecule has 5 heteroatoms. The maximum Gasteiger partial charge on any atom is 0.222 e. The maximum absolute atomic E-state index is 13.0. The SMILES string of the molecule is CC(=O)N1CCC(C2CN(C(=O)CCc3ccccc3)CC2COc2ccccc2)CC1. The molecule has 2 aliphatic rings. The van der Waals surface area contributed by atoms with Gasteiger partial charge in [0.05, 0.1) is 6.61 Å². The third-order valence-corrected chi connectivity index (χ3v) is 7.11. The number of aryl methyl sites for hydroxylation is 1. The highest BCUT2D eigenvalue weighted by Gasteiger charge is 2.41. The predicted molar refractivity (Wildman–Crippen MR) is 125 cm³/mol. The Bertz CT molecular complexity index is 878. The zero-order valence-electron chi connectivity index (χ0n) is 19.0. The molecule has 0 saturated carbocycles. The number of hydrogen-bond donors (Lipinski definition) is 0. The lowest BCUT2D eigenvalue weighted by Gasteiger charge is -2.36. The number of amides is 2. The average molecular weight is 435 g/mol. The van der Waals surface area contributed by atoms with E-state index in [2.05, 4.69) is 17.0 Å². The van der Waals surface area contributed by atoms with Gasteiger partial charge in [-0.3, -0.25) is 9.59 Å². The van der Waals surface area contributed by atoms with Gasteiger partial charge in [0.1, 0.15) is 5.75 Å². The Balaban J connectivity index is 1.38. The lowest BCUT2D eigenvalue weighted by Crippen LogP contribution is -2.40. The van der Waals surface area contributed by atoms with Gasteiger partial charge in [-0.25, -0.2) is 0 Å². The molecule has 2 aliphatic heterocycles. The first kappa shape index (κ1) is 22.4. The number of hydrogen-bond acceptors (Lipinski definition) is 3. The monoisotopic (exact) mass is 434 g/mol. The lowest BCUT2D eigenvalue weighted by atomic mass is 9.78. The summed E-state index contributed by atoms with van der Waals surface area (Å²) in [7, 11) is 0. The van der Waals surface area contributed by atoms with Crippen molar-refractivity contribution in [3.63, 3.8) is 0 Å². The Morgan fingerprint density at radius 1 is 0.906 bits per heavy atom. The molecule has 2 amide bonds. The van der Waals surface area contributed by atoms with E-state index in [1.165, 1.54) is 5.56 Å². The van der Waals surface area contributed by atoms with Crippen molar-refractivity contribution in [1.82, 2.24) is 9.80 Å². The van der Waals surface area contributed by atoms with Crippen LogP contribution in [0.25, 0.3) is 0 Å². The molecule has 0 N–H and O–H groups in total. The van der Waals surface area contributed by atoms with Gasteiger partial charge in [-0.2, -0.15) is 0 Å². The Morgan fingerprint density at radius 3 is 2.22 bits per heavy atom. The van der Waals surface area contributed by atoms with E-state index in [-0.39, 0.29) is 11.8 Å². The fraction of sp³-hybridized carbons (Fsp3) is 0.481. The number of likely N-dealkylation sites (tertiary alicyclic amines) is 2. The normalized spacial score (nSPS) is 21.5. The molecule has 2 saturated heterocycles. The van der Waals surface area contributed by atoms with Crippen LogP contribution < -0.4 is 4.74 Å². The quantitative estimate of drug-likeness (QED) is 0.661. The first-order valence-electron chi connectivity index (χ1n) is 11.8. The summed E-state index contributed by atoms with van der Waals surface area (Å²) in [5, 5.41) is 0. The Hall–Kier alpha value is -2.82. The fourth-order valence-corrected chi connectivity index (χ4v) is 5.23. The highest BCUT2D eigenvalue weighted by molar-refractivity contribution is 5.76. The van der Waals surface area contributed by atoms with Gasteiger partial charge in [0.2, 0.25) is 11.8 Å². The molecule has 5 nitrogen and oxygen atoms in total. The van der Waals surface area contributed by atoms with Gasteiger partial charge < -0.3 is 14.5 Å². The summed E-state index contributed by atoms with van der Waals surface area (Å²) in [4.78, 5) is 28.8. The molecule has 2 aromatic rings. The fourth-order valence-electron chi connectivity index (χ4n) is 5.23. The summed E-state index contributed by atoms with van der Waals surface area (Å²) in [6, 6.07) is 20.1. The maximum atomic E-state index is 13.0. The van der Waals surface area contributed by atoms with Gasteiger partial charge in [-0.15, -0.1) is 0 Å². The minimum absolute atomic E-state index is 0.163. The number of piperidine rings is 1. The van der Waals surface area contributed by atoms with Gasteiger partial charge in [-0.05, 0) is 48.8 Å². The van der Waals surface area contributed by atoms with E-state index < -0.39 is 0 Å². The lowest BCUT2D eigenvalue weighted by molar-refractivity contribution is -0.130. The molecular formula is C27H34N2O3. The molecule has 0 radical (unpaired) electrons. The summed E-state index contributed by atoms with van der Waals surface area (Å²) < 4.78 is 6.13. The Morgan fingerprint density at radius 2 is 1.56 bits per heavy atom. The van der Waals surface area contributed by atoms with Crippen molar-refractivity contribution in [3.8, 4) is 5.75 Å². The number of rotatable bonds is 7. The van der Waals surface area contributed by atoms with E-state index in [9.17, 15) is 9.59 Å². The van der Waals surface area contributed by atoms with Crippen molar-refractivity contribution >= 4 is 11.8 Å². The van der Waals surface area contributed by atoms with Gasteiger partial charge in [-0.1, -0.05) is 48.5 Å². The molecule has 2 aromatic carbocycles. The average Bonchev–Trinajstić information content (AvgIpc) is 3.27. The number of carbonyl (C=O) groups is 2. The molecule has 0 bridgehead atoms. The zero-order valence-corrected chi connectivity index (χ0v) is 19.0. The van der Waals surface area contributed by atoms with Crippen LogP contribution in [0.15, 0.2) is 60.7 Å². The van der Waals surface area contributed by atoms with Crippen molar-refractivity contribution in [1.29, 1.82) is 0 Å². The van der Waals surface area contributed by atoms with Crippen molar-refractivity contribution in [2.45, 2.75) is 32.6 Å². The van der Waals surface area contributed by atoms with E-state index in [1.807, 2.05) is 53.4 Å². The summed E-state index contributed by atoms with van der Waals surface area (Å²) in [6.07, 6.45) is 3.35. The van der Waals surface area contributed by atoms with Crippen LogP contribution >= 0.6 is 0 Å². The predicted octanol–water partition coefficient (Wildman–Crippen LogP) is 4.03. The van der Waals surface area contributed by atoms with Crippen molar-refractivity contribution in [2.75, 3.05) is 32.8 Å². The molecule has 2 atom stereocenters. The molecule has 2 heterocycles. The van der Waals surface area contributed by atoms with E-state index >= 15 is 0 Å². The third kappa shape index (κ3) is 5.70. The zero-order chi connectivity index (χ0) is 22.3. The highest BCUT2D eigenvalue weighted by atomic mass is 16.5. The molecule has 4 rings (SSSR count). The standard InChI is InChI=1S/C27H34N2O3/c1-21(30)28-16-14-23(15-17-28)26-19-29(27(31)13-12-22-8-4-2-5-9-22)18-24(26)20-32-25-10-6-3-7-11-25/h2-11,23-24,26H,12-20H2,1H3. The molecule has 0 aromatic heterocycles. The summed E-state index contributed by atoms with van der Waals surface area (Å²) in [6.45, 7) is 5.50. The summed E-state index contributed by atoms with van der Waals surface area (Å²) in [5.41, 5.74) is 1.21. The number of ether oxygens (including phenoxy) is 1. The second-order valence-electron chi connectivity index (χ2n) is 9.18. The Kier molecular flexibility index (Phi) is 7.46. The van der Waals surface area contributed by atoms with Gasteiger partial charge in [0.15, 0.2) is 0 Å². The highest BCUT2D eigenvalue weighted by Crippen LogP contribution is 2.36. The van der Waals surface area contributed by atoms with Crippen LogP contribution in [-0.4, -0.2) is 54.4 Å². The minimum atomic E-state index is 0.163.